The first kappa shape index (κ1) is 11.0. The molecule has 3 rings (SSSR count). The Balaban J connectivity index is 1.81. The van der Waals surface area contributed by atoms with Gasteiger partial charge in [0.25, 0.3) is 0 Å². The Labute approximate surface area is 105 Å². The van der Waals surface area contributed by atoms with Crippen LogP contribution in [0.25, 0.3) is 0 Å². The summed E-state index contributed by atoms with van der Waals surface area (Å²) in [6.45, 7) is 1.95. The molecule has 1 aromatic rings. The van der Waals surface area contributed by atoms with E-state index in [-0.39, 0.29) is 0 Å². The van der Waals surface area contributed by atoms with Gasteiger partial charge in [0.1, 0.15) is 0 Å². The smallest absolute Gasteiger partial charge is 0.0931 e. The molecular formula is C12H17ClN2S. The van der Waals surface area contributed by atoms with Crippen LogP contribution in [-0.4, -0.2) is 24.0 Å². The predicted octanol–water partition coefficient (Wildman–Crippen LogP) is 2.89. The van der Waals surface area contributed by atoms with Crippen LogP contribution < -0.4 is 5.73 Å². The molecule has 2 aliphatic rings. The maximum atomic E-state index is 6.01. The Kier molecular flexibility index (Phi) is 2.96. The van der Waals surface area contributed by atoms with E-state index in [0.717, 1.165) is 16.3 Å². The zero-order chi connectivity index (χ0) is 11.1. The number of thiophene rings is 1. The van der Waals surface area contributed by atoms with Gasteiger partial charge < -0.3 is 5.73 Å². The van der Waals surface area contributed by atoms with Crippen LogP contribution in [0.1, 0.15) is 30.2 Å². The molecule has 0 aromatic carbocycles. The minimum absolute atomic E-state index is 0.396. The molecule has 2 N–H and O–H groups in total. The summed E-state index contributed by atoms with van der Waals surface area (Å²) in [6, 6.07) is 5.29. The predicted molar refractivity (Wildman–Crippen MR) is 69.0 cm³/mol. The third kappa shape index (κ3) is 1.80. The van der Waals surface area contributed by atoms with Crippen molar-refractivity contribution in [2.75, 3.05) is 13.1 Å². The number of hydrogen-bond acceptors (Lipinski definition) is 3. The summed E-state index contributed by atoms with van der Waals surface area (Å²) in [6.07, 6.45) is 4.17. The van der Waals surface area contributed by atoms with Gasteiger partial charge in [0, 0.05) is 24.0 Å². The fourth-order valence-corrected chi connectivity index (χ4v) is 4.46. The molecule has 1 aliphatic heterocycles. The van der Waals surface area contributed by atoms with Gasteiger partial charge in [-0.2, -0.15) is 0 Å². The van der Waals surface area contributed by atoms with Crippen molar-refractivity contribution in [3.05, 3.63) is 21.3 Å². The normalized spacial score (nSPS) is 31.1. The summed E-state index contributed by atoms with van der Waals surface area (Å²) in [7, 11) is 0. The molecule has 2 nitrogen and oxygen atoms in total. The maximum Gasteiger partial charge on any atom is 0.0931 e. The van der Waals surface area contributed by atoms with Crippen molar-refractivity contribution >= 4 is 22.9 Å². The molecule has 2 fully saturated rings. The molecule has 0 amide bonds. The maximum absolute atomic E-state index is 6.01. The lowest BCUT2D eigenvalue weighted by Gasteiger charge is -2.33. The third-order valence-electron chi connectivity index (χ3n) is 4.00. The quantitative estimate of drug-likeness (QED) is 0.901. The molecule has 1 saturated carbocycles. The fourth-order valence-electron chi connectivity index (χ4n) is 3.27. The van der Waals surface area contributed by atoms with Crippen LogP contribution >= 0.6 is 22.9 Å². The molecule has 3 atom stereocenters. The first-order chi connectivity index (χ1) is 7.78. The van der Waals surface area contributed by atoms with Crippen molar-refractivity contribution in [3.8, 4) is 0 Å². The van der Waals surface area contributed by atoms with Crippen molar-refractivity contribution < 1.29 is 0 Å². The van der Waals surface area contributed by atoms with Gasteiger partial charge in [0.05, 0.1) is 10.4 Å². The van der Waals surface area contributed by atoms with Gasteiger partial charge in [0.2, 0.25) is 0 Å². The molecule has 0 spiro atoms. The number of fused-ring (bicyclic) bond motifs is 2. The number of nitrogens with zero attached hydrogens (tertiary/aromatic N) is 1. The molecule has 1 saturated heterocycles. The van der Waals surface area contributed by atoms with Crippen molar-refractivity contribution in [1.82, 2.24) is 4.90 Å². The fraction of sp³-hybridized carbons (Fsp3) is 0.667. The molecule has 2 bridgehead atoms. The van der Waals surface area contributed by atoms with Crippen molar-refractivity contribution in [2.45, 2.75) is 31.3 Å². The number of halogens is 1. The highest BCUT2D eigenvalue weighted by molar-refractivity contribution is 7.16. The zero-order valence-corrected chi connectivity index (χ0v) is 10.8. The molecule has 1 aromatic heterocycles. The molecular weight excluding hydrogens is 240 g/mol. The highest BCUT2D eigenvalue weighted by Crippen LogP contribution is 2.43. The van der Waals surface area contributed by atoms with Crippen LogP contribution in [0.3, 0.4) is 0 Å². The average molecular weight is 257 g/mol. The molecule has 88 valence electrons. The first-order valence-electron chi connectivity index (χ1n) is 5.99. The van der Waals surface area contributed by atoms with E-state index >= 15 is 0 Å². The molecule has 16 heavy (non-hydrogen) atoms. The largest absolute Gasteiger partial charge is 0.329 e. The molecule has 2 heterocycles. The van der Waals surface area contributed by atoms with Crippen LogP contribution in [0.4, 0.5) is 0 Å². The van der Waals surface area contributed by atoms with Gasteiger partial charge in [-0.05, 0) is 37.3 Å². The third-order valence-corrected chi connectivity index (χ3v) is 5.33. The zero-order valence-electron chi connectivity index (χ0n) is 9.23. The van der Waals surface area contributed by atoms with Crippen molar-refractivity contribution in [2.24, 2.45) is 11.7 Å². The number of nitrogens with two attached hydrogens (primary N) is 1. The summed E-state index contributed by atoms with van der Waals surface area (Å²) in [5.74, 6) is 0.925. The monoisotopic (exact) mass is 256 g/mol. The lowest BCUT2D eigenvalue weighted by atomic mass is 10.1. The average Bonchev–Trinajstić information content (AvgIpc) is 2.96. The van der Waals surface area contributed by atoms with Gasteiger partial charge in [-0.3, -0.25) is 4.90 Å². The Morgan fingerprint density at radius 1 is 1.50 bits per heavy atom. The summed E-state index contributed by atoms with van der Waals surface area (Å²) >= 11 is 7.68. The lowest BCUT2D eigenvalue weighted by Crippen LogP contribution is -2.38. The highest BCUT2D eigenvalue weighted by Gasteiger charge is 2.41. The number of likely N-dealkylation sites (tertiary alicyclic amines) is 1. The second kappa shape index (κ2) is 4.30. The summed E-state index contributed by atoms with van der Waals surface area (Å²) < 4.78 is 0.873. The minimum atomic E-state index is 0.396. The van der Waals surface area contributed by atoms with E-state index in [9.17, 15) is 0 Å². The van der Waals surface area contributed by atoms with Crippen LogP contribution in [0.2, 0.25) is 4.34 Å². The molecule has 1 aliphatic carbocycles. The van der Waals surface area contributed by atoms with E-state index in [0.29, 0.717) is 12.6 Å². The Bertz CT molecular complexity index is 379. The highest BCUT2D eigenvalue weighted by atomic mass is 35.5. The van der Waals surface area contributed by atoms with Crippen molar-refractivity contribution in [1.29, 1.82) is 0 Å². The number of rotatable bonds is 3. The van der Waals surface area contributed by atoms with Gasteiger partial charge in [0.15, 0.2) is 0 Å². The second-order valence-corrected chi connectivity index (χ2v) is 6.67. The summed E-state index contributed by atoms with van der Waals surface area (Å²) in [5.41, 5.74) is 5.95. The topological polar surface area (TPSA) is 29.3 Å². The standard InChI is InChI=1S/C12H17ClN2S/c13-12-4-3-11(16-12)10(6-14)15-7-8-1-2-9(15)5-8/h3-4,8-10H,1-2,5-7,14H2. The number of piperidine rings is 1. The van der Waals surface area contributed by atoms with Gasteiger partial charge in [-0.25, -0.2) is 0 Å². The first-order valence-corrected chi connectivity index (χ1v) is 7.18. The van der Waals surface area contributed by atoms with Gasteiger partial charge in [-0.1, -0.05) is 11.6 Å². The van der Waals surface area contributed by atoms with Gasteiger partial charge in [-0.15, -0.1) is 11.3 Å². The van der Waals surface area contributed by atoms with Crippen LogP contribution in [-0.2, 0) is 0 Å². The lowest BCUT2D eigenvalue weighted by molar-refractivity contribution is 0.155. The van der Waals surface area contributed by atoms with E-state index in [4.69, 9.17) is 17.3 Å². The summed E-state index contributed by atoms with van der Waals surface area (Å²) in [4.78, 5) is 3.94. The van der Waals surface area contributed by atoms with E-state index in [1.54, 1.807) is 11.3 Å². The van der Waals surface area contributed by atoms with E-state index in [2.05, 4.69) is 11.0 Å². The molecule has 3 unspecified atom stereocenters. The molecule has 0 radical (unpaired) electrons. The van der Waals surface area contributed by atoms with Crippen LogP contribution in [0, 0.1) is 5.92 Å². The molecule has 4 heteroatoms. The SMILES string of the molecule is NCC(c1ccc(Cl)s1)N1CC2CCC1C2. The van der Waals surface area contributed by atoms with Crippen LogP contribution in [0.15, 0.2) is 12.1 Å². The Morgan fingerprint density at radius 2 is 2.38 bits per heavy atom. The minimum Gasteiger partial charge on any atom is -0.329 e. The summed E-state index contributed by atoms with van der Waals surface area (Å²) in [5, 5.41) is 0. The van der Waals surface area contributed by atoms with Crippen LogP contribution in [0.5, 0.6) is 0 Å². The van der Waals surface area contributed by atoms with E-state index in [1.165, 1.54) is 30.7 Å². The Morgan fingerprint density at radius 3 is 2.88 bits per heavy atom. The van der Waals surface area contributed by atoms with E-state index in [1.807, 2.05) is 6.07 Å². The second-order valence-electron chi connectivity index (χ2n) is 4.92. The Hall–Kier alpha value is -0.0900. The number of hydrogen-bond donors (Lipinski definition) is 1. The van der Waals surface area contributed by atoms with E-state index < -0.39 is 0 Å². The van der Waals surface area contributed by atoms with Crippen molar-refractivity contribution in [3.63, 3.8) is 0 Å². The van der Waals surface area contributed by atoms with Gasteiger partial charge >= 0.3 is 0 Å².